The number of H-pyrrole nitrogens is 1. The summed E-state index contributed by atoms with van der Waals surface area (Å²) in [5, 5.41) is 0. The Morgan fingerprint density at radius 2 is 2.29 bits per heavy atom. The van der Waals surface area contributed by atoms with Gasteiger partial charge in [-0.2, -0.15) is 0 Å². The van der Waals surface area contributed by atoms with E-state index >= 15 is 0 Å². The Morgan fingerprint density at radius 3 is 3.06 bits per heavy atom. The maximum absolute atomic E-state index is 13.2. The summed E-state index contributed by atoms with van der Waals surface area (Å²) >= 11 is 0. The third-order valence-electron chi connectivity index (χ3n) is 3.12. The van der Waals surface area contributed by atoms with E-state index in [9.17, 15) is 9.18 Å². The Labute approximate surface area is 97.0 Å². The van der Waals surface area contributed by atoms with Crippen LogP contribution in [0.2, 0.25) is 0 Å². The van der Waals surface area contributed by atoms with Crippen LogP contribution in [0.15, 0.2) is 23.0 Å². The predicted octanol–water partition coefficient (Wildman–Crippen LogP) is 2.17. The number of benzene rings is 1. The molecule has 0 amide bonds. The minimum atomic E-state index is -0.346. The summed E-state index contributed by atoms with van der Waals surface area (Å²) in [5.41, 5.74) is 0.977. The van der Waals surface area contributed by atoms with Crippen molar-refractivity contribution >= 4 is 11.0 Å². The largest absolute Gasteiger partial charge is 0.358 e. The van der Waals surface area contributed by atoms with Crippen molar-refractivity contribution < 1.29 is 9.13 Å². The number of aromatic nitrogens is 2. The SMILES string of the molecule is O=c1[nH]c2ccc(F)cc2n1C1CCCCO1. The molecule has 4 nitrogen and oxygen atoms in total. The van der Waals surface area contributed by atoms with Crippen molar-refractivity contribution in [2.45, 2.75) is 25.5 Å². The maximum Gasteiger partial charge on any atom is 0.328 e. The molecule has 1 aromatic heterocycles. The smallest absolute Gasteiger partial charge is 0.328 e. The summed E-state index contributed by atoms with van der Waals surface area (Å²) in [4.78, 5) is 14.6. The molecule has 17 heavy (non-hydrogen) atoms. The molecule has 3 rings (SSSR count). The molecule has 1 aromatic carbocycles. The third kappa shape index (κ3) is 1.76. The average Bonchev–Trinajstić information content (AvgIpc) is 2.65. The highest BCUT2D eigenvalue weighted by atomic mass is 19.1. The first kappa shape index (κ1) is 10.5. The quantitative estimate of drug-likeness (QED) is 0.824. The van der Waals surface area contributed by atoms with Crippen molar-refractivity contribution in [1.29, 1.82) is 0 Å². The van der Waals surface area contributed by atoms with Crippen molar-refractivity contribution in [3.8, 4) is 0 Å². The molecule has 1 aliphatic heterocycles. The molecule has 0 bridgehead atoms. The molecular weight excluding hydrogens is 223 g/mol. The number of nitrogens with zero attached hydrogens (tertiary/aromatic N) is 1. The van der Waals surface area contributed by atoms with Crippen LogP contribution in [0.5, 0.6) is 0 Å². The van der Waals surface area contributed by atoms with E-state index in [-0.39, 0.29) is 17.7 Å². The molecule has 0 spiro atoms. The van der Waals surface area contributed by atoms with Gasteiger partial charge in [-0.05, 0) is 37.5 Å². The molecule has 2 heterocycles. The zero-order valence-corrected chi connectivity index (χ0v) is 9.28. The lowest BCUT2D eigenvalue weighted by Gasteiger charge is -2.23. The van der Waals surface area contributed by atoms with Crippen molar-refractivity contribution in [3.63, 3.8) is 0 Å². The Kier molecular flexibility index (Phi) is 2.48. The molecule has 1 atom stereocenters. The Hall–Kier alpha value is -1.62. The van der Waals surface area contributed by atoms with E-state index in [1.54, 1.807) is 6.07 Å². The summed E-state index contributed by atoms with van der Waals surface area (Å²) in [6.45, 7) is 0.652. The van der Waals surface area contributed by atoms with Gasteiger partial charge in [0, 0.05) is 6.61 Å². The predicted molar refractivity (Wildman–Crippen MR) is 61.4 cm³/mol. The van der Waals surface area contributed by atoms with Gasteiger partial charge in [-0.15, -0.1) is 0 Å². The van der Waals surface area contributed by atoms with Crippen LogP contribution < -0.4 is 5.69 Å². The fourth-order valence-corrected chi connectivity index (χ4v) is 2.31. The van der Waals surface area contributed by atoms with Gasteiger partial charge in [0.1, 0.15) is 12.0 Å². The Morgan fingerprint density at radius 1 is 1.41 bits per heavy atom. The molecule has 2 aromatic rings. The molecule has 0 radical (unpaired) electrons. The monoisotopic (exact) mass is 236 g/mol. The standard InChI is InChI=1S/C12H13FN2O2/c13-8-4-5-9-10(7-8)15(12(16)14-9)11-3-1-2-6-17-11/h4-5,7,11H,1-3,6H2,(H,14,16). The first-order chi connectivity index (χ1) is 8.25. The van der Waals surface area contributed by atoms with Gasteiger partial charge in [0.15, 0.2) is 0 Å². The van der Waals surface area contributed by atoms with Gasteiger partial charge in [0.25, 0.3) is 0 Å². The van der Waals surface area contributed by atoms with Crippen molar-refractivity contribution in [3.05, 3.63) is 34.5 Å². The second kappa shape index (κ2) is 4.00. The highest BCUT2D eigenvalue weighted by Gasteiger charge is 2.20. The second-order valence-corrected chi connectivity index (χ2v) is 4.28. The zero-order chi connectivity index (χ0) is 11.8. The maximum atomic E-state index is 13.2. The molecule has 90 valence electrons. The van der Waals surface area contributed by atoms with Crippen molar-refractivity contribution in [1.82, 2.24) is 9.55 Å². The number of halogens is 1. The molecule has 0 aliphatic carbocycles. The highest BCUT2D eigenvalue weighted by Crippen LogP contribution is 2.24. The minimum absolute atomic E-state index is 0.238. The number of rotatable bonds is 1. The number of ether oxygens (including phenoxy) is 1. The molecule has 1 unspecified atom stereocenters. The number of nitrogens with one attached hydrogen (secondary N) is 1. The summed E-state index contributed by atoms with van der Waals surface area (Å²) in [7, 11) is 0. The summed E-state index contributed by atoms with van der Waals surface area (Å²) in [5.74, 6) is -0.346. The molecular formula is C12H13FN2O2. The van der Waals surface area contributed by atoms with Crippen LogP contribution in [-0.4, -0.2) is 16.2 Å². The van der Waals surface area contributed by atoms with Gasteiger partial charge in [0.05, 0.1) is 11.0 Å². The first-order valence-electron chi connectivity index (χ1n) is 5.77. The number of hydrogen-bond donors (Lipinski definition) is 1. The van der Waals surface area contributed by atoms with E-state index in [2.05, 4.69) is 4.98 Å². The third-order valence-corrected chi connectivity index (χ3v) is 3.12. The van der Waals surface area contributed by atoms with Crippen LogP contribution in [-0.2, 0) is 4.74 Å². The zero-order valence-electron chi connectivity index (χ0n) is 9.28. The average molecular weight is 236 g/mol. The Balaban J connectivity index is 2.16. The summed E-state index contributed by atoms with van der Waals surface area (Å²) < 4.78 is 20.3. The molecule has 0 saturated carbocycles. The van der Waals surface area contributed by atoms with E-state index < -0.39 is 0 Å². The van der Waals surface area contributed by atoms with Gasteiger partial charge >= 0.3 is 5.69 Å². The minimum Gasteiger partial charge on any atom is -0.358 e. The van der Waals surface area contributed by atoms with E-state index in [4.69, 9.17) is 4.74 Å². The van der Waals surface area contributed by atoms with E-state index in [1.807, 2.05) is 0 Å². The van der Waals surface area contributed by atoms with Gasteiger partial charge in [-0.25, -0.2) is 9.18 Å². The van der Waals surface area contributed by atoms with Crippen LogP contribution in [0, 0.1) is 5.82 Å². The molecule has 1 fully saturated rings. The Bertz CT molecular complexity index is 596. The van der Waals surface area contributed by atoms with E-state index in [1.165, 1.54) is 16.7 Å². The normalized spacial score (nSPS) is 20.9. The molecule has 5 heteroatoms. The fraction of sp³-hybridized carbons (Fsp3) is 0.417. The van der Waals surface area contributed by atoms with Crippen LogP contribution >= 0.6 is 0 Å². The van der Waals surface area contributed by atoms with Gasteiger partial charge in [0.2, 0.25) is 0 Å². The van der Waals surface area contributed by atoms with Crippen molar-refractivity contribution in [2.24, 2.45) is 0 Å². The number of fused-ring (bicyclic) bond motifs is 1. The number of aromatic amines is 1. The van der Waals surface area contributed by atoms with Gasteiger partial charge < -0.3 is 9.72 Å². The van der Waals surface area contributed by atoms with Gasteiger partial charge in [-0.1, -0.05) is 0 Å². The molecule has 1 saturated heterocycles. The molecule has 1 aliphatic rings. The van der Waals surface area contributed by atoms with Crippen LogP contribution in [0.25, 0.3) is 11.0 Å². The topological polar surface area (TPSA) is 47.0 Å². The van der Waals surface area contributed by atoms with Crippen LogP contribution in [0.4, 0.5) is 4.39 Å². The summed E-state index contributed by atoms with van der Waals surface area (Å²) in [6, 6.07) is 4.28. The van der Waals surface area contributed by atoms with E-state index in [0.717, 1.165) is 19.3 Å². The lowest BCUT2D eigenvalue weighted by Crippen LogP contribution is -2.26. The van der Waals surface area contributed by atoms with Crippen molar-refractivity contribution in [2.75, 3.05) is 6.61 Å². The highest BCUT2D eigenvalue weighted by molar-refractivity contribution is 5.75. The molecule has 1 N–H and O–H groups in total. The lowest BCUT2D eigenvalue weighted by atomic mass is 10.2. The number of hydrogen-bond acceptors (Lipinski definition) is 2. The van der Waals surface area contributed by atoms with Crippen LogP contribution in [0.3, 0.4) is 0 Å². The summed E-state index contributed by atoms with van der Waals surface area (Å²) in [6.07, 6.45) is 2.57. The lowest BCUT2D eigenvalue weighted by molar-refractivity contribution is -0.0313. The number of imidazole rings is 1. The second-order valence-electron chi connectivity index (χ2n) is 4.28. The fourth-order valence-electron chi connectivity index (χ4n) is 2.31. The van der Waals surface area contributed by atoms with Crippen LogP contribution in [0.1, 0.15) is 25.5 Å². The van der Waals surface area contributed by atoms with Gasteiger partial charge in [-0.3, -0.25) is 4.57 Å². The van der Waals surface area contributed by atoms with E-state index in [0.29, 0.717) is 17.6 Å². The first-order valence-corrected chi connectivity index (χ1v) is 5.77.